The number of para-hydroxylation sites is 1. The molecule has 1 aromatic carbocycles. The van der Waals surface area contributed by atoms with Crippen molar-refractivity contribution in [3.05, 3.63) is 50.9 Å². The predicted octanol–water partition coefficient (Wildman–Crippen LogP) is 5.14. The number of aromatic nitrogens is 2. The third-order valence-electron chi connectivity index (χ3n) is 3.51. The van der Waals surface area contributed by atoms with Crippen LogP contribution in [0.25, 0.3) is 11.0 Å². The number of rotatable bonds is 5. The number of nitrogens with zero attached hydrogens (tertiary/aromatic N) is 2. The predicted molar refractivity (Wildman–Crippen MR) is 92.0 cm³/mol. The van der Waals surface area contributed by atoms with E-state index in [1.165, 1.54) is 9.75 Å². The van der Waals surface area contributed by atoms with Gasteiger partial charge in [0.25, 0.3) is 0 Å². The monoisotopic (exact) mass is 338 g/mol. The lowest BCUT2D eigenvalue weighted by molar-refractivity contribution is 0.763. The standard InChI is InChI=1S/C16H16Cl2N2S/c1-2-11-6-7-12(21-11)10-20-14-5-3-4-13(18)16(14)19-15(20)8-9-17/h3-7H,2,8-10H2,1H3. The van der Waals surface area contributed by atoms with Crippen molar-refractivity contribution < 1.29 is 0 Å². The van der Waals surface area contributed by atoms with Crippen molar-refractivity contribution in [1.82, 2.24) is 9.55 Å². The Bertz CT molecular complexity index is 761. The van der Waals surface area contributed by atoms with Gasteiger partial charge in [0, 0.05) is 22.1 Å². The van der Waals surface area contributed by atoms with Crippen LogP contribution in [0.1, 0.15) is 22.5 Å². The van der Waals surface area contributed by atoms with E-state index in [9.17, 15) is 0 Å². The van der Waals surface area contributed by atoms with Gasteiger partial charge < -0.3 is 4.57 Å². The van der Waals surface area contributed by atoms with E-state index in [2.05, 4.69) is 34.7 Å². The first-order chi connectivity index (χ1) is 10.2. The molecular formula is C16H16Cl2N2S. The highest BCUT2D eigenvalue weighted by atomic mass is 35.5. The summed E-state index contributed by atoms with van der Waals surface area (Å²) in [6.45, 7) is 3.01. The van der Waals surface area contributed by atoms with Gasteiger partial charge in [-0.1, -0.05) is 24.6 Å². The van der Waals surface area contributed by atoms with E-state index in [4.69, 9.17) is 23.2 Å². The minimum absolute atomic E-state index is 0.561. The van der Waals surface area contributed by atoms with Gasteiger partial charge in [0.15, 0.2) is 0 Å². The lowest BCUT2D eigenvalue weighted by atomic mass is 10.3. The second kappa shape index (κ2) is 6.39. The van der Waals surface area contributed by atoms with Crippen molar-refractivity contribution in [2.75, 3.05) is 5.88 Å². The molecule has 0 unspecified atom stereocenters. The van der Waals surface area contributed by atoms with Crippen LogP contribution in [0.3, 0.4) is 0 Å². The van der Waals surface area contributed by atoms with Crippen LogP contribution in [0, 0.1) is 0 Å². The molecule has 0 atom stereocenters. The van der Waals surface area contributed by atoms with Crippen molar-refractivity contribution in [3.8, 4) is 0 Å². The number of imidazole rings is 1. The van der Waals surface area contributed by atoms with Crippen LogP contribution in [0.4, 0.5) is 0 Å². The first-order valence-electron chi connectivity index (χ1n) is 7.00. The van der Waals surface area contributed by atoms with Crippen LogP contribution in [0.15, 0.2) is 30.3 Å². The van der Waals surface area contributed by atoms with E-state index in [1.807, 2.05) is 23.5 Å². The first kappa shape index (κ1) is 14.9. The Balaban J connectivity index is 2.06. The molecule has 110 valence electrons. The Labute approximate surface area is 138 Å². The molecule has 0 radical (unpaired) electrons. The molecule has 2 nitrogen and oxygen atoms in total. The Morgan fingerprint density at radius 1 is 1.19 bits per heavy atom. The topological polar surface area (TPSA) is 17.8 Å². The Hall–Kier alpha value is -1.03. The zero-order valence-electron chi connectivity index (χ0n) is 11.8. The highest BCUT2D eigenvalue weighted by molar-refractivity contribution is 7.11. The summed E-state index contributed by atoms with van der Waals surface area (Å²) in [7, 11) is 0. The number of hydrogen-bond donors (Lipinski definition) is 0. The van der Waals surface area contributed by atoms with Gasteiger partial charge in [-0.2, -0.15) is 0 Å². The summed E-state index contributed by atoms with van der Waals surface area (Å²) in [5, 5.41) is 0.697. The zero-order valence-corrected chi connectivity index (χ0v) is 14.1. The van der Waals surface area contributed by atoms with Gasteiger partial charge >= 0.3 is 0 Å². The average Bonchev–Trinajstić information content (AvgIpc) is 3.07. The summed E-state index contributed by atoms with van der Waals surface area (Å²) < 4.78 is 2.23. The van der Waals surface area contributed by atoms with Gasteiger partial charge in [0.1, 0.15) is 11.3 Å². The maximum atomic E-state index is 6.27. The molecule has 2 aromatic heterocycles. The fourth-order valence-corrected chi connectivity index (χ4v) is 3.79. The fourth-order valence-electron chi connectivity index (χ4n) is 2.47. The highest BCUT2D eigenvalue weighted by Gasteiger charge is 2.13. The van der Waals surface area contributed by atoms with Crippen LogP contribution < -0.4 is 0 Å². The number of aryl methyl sites for hydroxylation is 2. The Morgan fingerprint density at radius 3 is 2.71 bits per heavy atom. The van der Waals surface area contributed by atoms with Crippen molar-refractivity contribution in [2.24, 2.45) is 0 Å². The molecule has 0 aliphatic rings. The molecule has 0 bridgehead atoms. The molecule has 2 heterocycles. The largest absolute Gasteiger partial charge is 0.323 e. The lowest BCUT2D eigenvalue weighted by Gasteiger charge is -2.07. The molecule has 0 amide bonds. The number of alkyl halides is 1. The molecule has 0 saturated heterocycles. The number of benzene rings is 1. The molecule has 0 aliphatic heterocycles. The Morgan fingerprint density at radius 2 is 2.00 bits per heavy atom. The molecule has 3 aromatic rings. The molecule has 21 heavy (non-hydrogen) atoms. The molecule has 0 fully saturated rings. The number of fused-ring (bicyclic) bond motifs is 1. The van der Waals surface area contributed by atoms with E-state index in [-0.39, 0.29) is 0 Å². The first-order valence-corrected chi connectivity index (χ1v) is 8.73. The maximum Gasteiger partial charge on any atom is 0.111 e. The normalized spacial score (nSPS) is 11.4. The van der Waals surface area contributed by atoms with Gasteiger partial charge in [-0.25, -0.2) is 4.98 Å². The molecule has 0 spiro atoms. The number of halogens is 2. The van der Waals surface area contributed by atoms with Gasteiger partial charge in [0.2, 0.25) is 0 Å². The number of hydrogen-bond acceptors (Lipinski definition) is 2. The zero-order chi connectivity index (χ0) is 14.8. The molecular weight excluding hydrogens is 323 g/mol. The van der Waals surface area contributed by atoms with Crippen LogP contribution >= 0.6 is 34.5 Å². The SMILES string of the molecule is CCc1ccc(Cn2c(CCCl)nc3c(Cl)cccc32)s1. The third-order valence-corrected chi connectivity index (χ3v) is 5.21. The van der Waals surface area contributed by atoms with Crippen molar-refractivity contribution in [2.45, 2.75) is 26.3 Å². The minimum Gasteiger partial charge on any atom is -0.323 e. The summed E-state index contributed by atoms with van der Waals surface area (Å²) in [5.41, 5.74) is 1.95. The van der Waals surface area contributed by atoms with E-state index in [0.29, 0.717) is 10.9 Å². The second-order valence-corrected chi connectivity index (χ2v) is 6.92. The van der Waals surface area contributed by atoms with E-state index >= 15 is 0 Å². The molecule has 0 N–H and O–H groups in total. The summed E-state index contributed by atoms with van der Waals surface area (Å²) in [4.78, 5) is 7.42. The summed E-state index contributed by atoms with van der Waals surface area (Å²) in [6, 6.07) is 10.3. The second-order valence-electron chi connectivity index (χ2n) is 4.88. The highest BCUT2D eigenvalue weighted by Crippen LogP contribution is 2.27. The van der Waals surface area contributed by atoms with Crippen LogP contribution in [0.5, 0.6) is 0 Å². The van der Waals surface area contributed by atoms with Gasteiger partial charge in [-0.15, -0.1) is 22.9 Å². The van der Waals surface area contributed by atoms with Crippen molar-refractivity contribution >= 4 is 45.6 Å². The number of thiophene rings is 1. The maximum absolute atomic E-state index is 6.27. The third kappa shape index (κ3) is 2.96. The summed E-state index contributed by atoms with van der Waals surface area (Å²) in [6.07, 6.45) is 1.83. The van der Waals surface area contributed by atoms with Crippen molar-refractivity contribution in [1.29, 1.82) is 0 Å². The Kier molecular flexibility index (Phi) is 4.53. The molecule has 5 heteroatoms. The van der Waals surface area contributed by atoms with E-state index < -0.39 is 0 Å². The fraction of sp³-hybridized carbons (Fsp3) is 0.312. The lowest BCUT2D eigenvalue weighted by Crippen LogP contribution is -2.04. The average molecular weight is 339 g/mol. The molecule has 0 saturated carbocycles. The summed E-state index contributed by atoms with van der Waals surface area (Å²) in [5.74, 6) is 1.56. The quantitative estimate of drug-likeness (QED) is 0.588. The molecule has 0 aliphatic carbocycles. The van der Waals surface area contributed by atoms with E-state index in [0.717, 1.165) is 36.2 Å². The van der Waals surface area contributed by atoms with Crippen LogP contribution in [-0.4, -0.2) is 15.4 Å². The van der Waals surface area contributed by atoms with Gasteiger partial charge in [-0.05, 0) is 30.7 Å². The van der Waals surface area contributed by atoms with Crippen molar-refractivity contribution in [3.63, 3.8) is 0 Å². The minimum atomic E-state index is 0.561. The van der Waals surface area contributed by atoms with Gasteiger partial charge in [-0.3, -0.25) is 0 Å². The smallest absolute Gasteiger partial charge is 0.111 e. The summed E-state index contributed by atoms with van der Waals surface area (Å²) >= 11 is 14.0. The van der Waals surface area contributed by atoms with E-state index in [1.54, 1.807) is 0 Å². The van der Waals surface area contributed by atoms with Crippen LogP contribution in [-0.2, 0) is 19.4 Å². The van der Waals surface area contributed by atoms with Gasteiger partial charge in [0.05, 0.1) is 17.1 Å². The molecule has 3 rings (SSSR count). The van der Waals surface area contributed by atoms with Crippen LogP contribution in [0.2, 0.25) is 5.02 Å².